The molecule has 7 aromatic rings. The smallest absolute Gasteiger partial charge is 0.324 e. The zero-order valence-corrected chi connectivity index (χ0v) is 31.5. The maximum Gasteiger partial charge on any atom is 0.417 e. The van der Waals surface area contributed by atoms with E-state index in [0.29, 0.717) is 72.6 Å². The first-order valence-corrected chi connectivity index (χ1v) is 18.8. The van der Waals surface area contributed by atoms with E-state index in [2.05, 4.69) is 5.32 Å². The molecule has 304 valence electrons. The molecule has 0 bridgehead atoms. The first kappa shape index (κ1) is 39.3. The number of amidine groups is 2. The van der Waals surface area contributed by atoms with Crippen molar-refractivity contribution in [1.29, 1.82) is 0 Å². The highest BCUT2D eigenvalue weighted by Gasteiger charge is 2.38. The van der Waals surface area contributed by atoms with Crippen LogP contribution in [0, 0.1) is 0 Å². The fourth-order valence-electron chi connectivity index (χ4n) is 7.73. The summed E-state index contributed by atoms with van der Waals surface area (Å²) in [6, 6.07) is 37.1. The number of alkyl halides is 9. The molecule has 1 aliphatic carbocycles. The average molecular weight is 833 g/mol. The van der Waals surface area contributed by atoms with Crippen LogP contribution >= 0.6 is 0 Å². The fourth-order valence-corrected chi connectivity index (χ4v) is 7.73. The van der Waals surface area contributed by atoms with Gasteiger partial charge in [-0.25, -0.2) is 9.98 Å². The second kappa shape index (κ2) is 14.8. The van der Waals surface area contributed by atoms with Crippen molar-refractivity contribution in [3.05, 3.63) is 196 Å². The molecule has 1 N–H and O–H groups in total. The molecule has 61 heavy (non-hydrogen) atoms. The van der Waals surface area contributed by atoms with Crippen molar-refractivity contribution in [2.75, 3.05) is 0 Å². The van der Waals surface area contributed by atoms with Gasteiger partial charge in [-0.05, 0) is 76.9 Å². The first-order valence-electron chi connectivity index (χ1n) is 18.8. The maximum absolute atomic E-state index is 14.3. The van der Waals surface area contributed by atoms with Crippen molar-refractivity contribution in [3.8, 4) is 16.8 Å². The van der Waals surface area contributed by atoms with Crippen LogP contribution in [0.2, 0.25) is 0 Å². The Morgan fingerprint density at radius 2 is 1.23 bits per heavy atom. The molecule has 0 atom stereocenters. The standard InChI is InChI=1S/C48H29F9N4/c49-46(50,51)32-15-9-14-30(24-32)35-22-20-34(27-39(35)45-59-43(28-10-3-1-4-11-28)58-44(60-45)29-12-5-2-6-13-29)61-41-17-8-7-16-37(41)38-25-31(18-23-42(38)61)36-21-19-33(47(52,53)54)26-40(36)48(55,56)57/h1-13,15-27H,14H2,(H,58,59,60). The first-order chi connectivity index (χ1) is 29.1. The SMILES string of the molecule is FC(F)(F)C1=CC(=c2ccc(-n3c4ccccc4c4cc(-c5ccc(C(F)(F)F)cc5C(F)(F)F)ccc43)cc2=C2N=C(c3ccccc3)N=C(c3ccccc3)N2)CC=C1. The molecule has 0 saturated heterocycles. The number of fused-ring (bicyclic) bond motifs is 3. The Morgan fingerprint density at radius 1 is 0.541 bits per heavy atom. The molecule has 13 heteroatoms. The summed E-state index contributed by atoms with van der Waals surface area (Å²) in [7, 11) is 0. The van der Waals surface area contributed by atoms with Crippen LogP contribution in [0.1, 0.15) is 28.7 Å². The number of halogens is 9. The van der Waals surface area contributed by atoms with Crippen LogP contribution in [-0.2, 0) is 12.4 Å². The Bertz CT molecular complexity index is 3130. The van der Waals surface area contributed by atoms with Gasteiger partial charge in [0.15, 0.2) is 5.84 Å². The lowest BCUT2D eigenvalue weighted by Crippen LogP contribution is -2.38. The Balaban J connectivity index is 1.31. The average Bonchev–Trinajstić information content (AvgIpc) is 3.59. The summed E-state index contributed by atoms with van der Waals surface area (Å²) in [6.45, 7) is 0. The highest BCUT2D eigenvalue weighted by molar-refractivity contribution is 6.16. The highest BCUT2D eigenvalue weighted by atomic mass is 19.4. The van der Waals surface area contributed by atoms with Crippen LogP contribution in [0.25, 0.3) is 50.0 Å². The fraction of sp³-hybridized carbons (Fsp3) is 0.0833. The van der Waals surface area contributed by atoms with Crippen LogP contribution in [0.15, 0.2) is 173 Å². The molecule has 0 unspecified atom stereocenters. The van der Waals surface area contributed by atoms with Gasteiger partial charge < -0.3 is 9.88 Å². The second-order valence-corrected chi connectivity index (χ2v) is 14.4. The summed E-state index contributed by atoms with van der Waals surface area (Å²) in [5.41, 5.74) is -0.463. The zero-order valence-electron chi connectivity index (χ0n) is 31.5. The number of aromatic nitrogens is 1. The number of hydrogen-bond donors (Lipinski definition) is 1. The van der Waals surface area contributed by atoms with E-state index in [-0.39, 0.29) is 18.1 Å². The lowest BCUT2D eigenvalue weighted by molar-refractivity contribution is -0.142. The predicted molar refractivity (Wildman–Crippen MR) is 219 cm³/mol. The van der Waals surface area contributed by atoms with E-state index in [9.17, 15) is 39.5 Å². The van der Waals surface area contributed by atoms with Crippen molar-refractivity contribution in [2.24, 2.45) is 9.98 Å². The van der Waals surface area contributed by atoms with Gasteiger partial charge in [-0.3, -0.25) is 0 Å². The van der Waals surface area contributed by atoms with E-state index < -0.39 is 40.8 Å². The van der Waals surface area contributed by atoms with E-state index in [1.54, 1.807) is 42.5 Å². The van der Waals surface area contributed by atoms with Crippen LogP contribution < -0.4 is 15.8 Å². The van der Waals surface area contributed by atoms with Gasteiger partial charge in [-0.2, -0.15) is 39.5 Å². The molecule has 1 aliphatic heterocycles. The molecule has 6 aromatic carbocycles. The number of allylic oxidation sites excluding steroid dienone is 4. The molecule has 2 heterocycles. The van der Waals surface area contributed by atoms with Gasteiger partial charge in [-0.1, -0.05) is 109 Å². The molecule has 0 radical (unpaired) electrons. The van der Waals surface area contributed by atoms with Gasteiger partial charge in [-0.15, -0.1) is 0 Å². The van der Waals surface area contributed by atoms with Gasteiger partial charge in [0.1, 0.15) is 11.7 Å². The molecule has 0 saturated carbocycles. The minimum absolute atomic E-state index is 0.0546. The Labute approximate surface area is 341 Å². The van der Waals surface area contributed by atoms with Crippen LogP contribution in [0.4, 0.5) is 39.5 Å². The third-order valence-corrected chi connectivity index (χ3v) is 10.5. The third kappa shape index (κ3) is 7.51. The minimum Gasteiger partial charge on any atom is -0.324 e. The Morgan fingerprint density at radius 3 is 1.93 bits per heavy atom. The summed E-state index contributed by atoms with van der Waals surface area (Å²) in [5, 5.41) is 5.41. The number of aliphatic imine (C=N–C) groups is 2. The summed E-state index contributed by atoms with van der Waals surface area (Å²) in [6.07, 6.45) is -10.9. The molecule has 0 amide bonds. The number of para-hydroxylation sites is 1. The lowest BCUT2D eigenvalue weighted by atomic mass is 9.95. The van der Waals surface area contributed by atoms with Crippen molar-refractivity contribution in [3.63, 3.8) is 0 Å². The van der Waals surface area contributed by atoms with E-state index >= 15 is 0 Å². The molecule has 0 fully saturated rings. The molecule has 0 spiro atoms. The molecule has 9 rings (SSSR count). The molecular weight excluding hydrogens is 804 g/mol. The molecular formula is C48H29F9N4. The number of benzene rings is 6. The van der Waals surface area contributed by atoms with Crippen LogP contribution in [0.5, 0.6) is 0 Å². The molecule has 1 aromatic heterocycles. The largest absolute Gasteiger partial charge is 0.417 e. The van der Waals surface area contributed by atoms with Gasteiger partial charge in [0, 0.05) is 32.8 Å². The summed E-state index contributed by atoms with van der Waals surface area (Å²) in [4.78, 5) is 9.79. The quantitative estimate of drug-likeness (QED) is 0.176. The maximum atomic E-state index is 14.3. The van der Waals surface area contributed by atoms with E-state index in [4.69, 9.17) is 9.98 Å². The van der Waals surface area contributed by atoms with E-state index in [0.717, 1.165) is 23.8 Å². The van der Waals surface area contributed by atoms with Crippen LogP contribution in [0.3, 0.4) is 0 Å². The van der Waals surface area contributed by atoms with E-state index in [1.807, 2.05) is 71.3 Å². The number of rotatable bonds is 4. The van der Waals surface area contributed by atoms with Crippen molar-refractivity contribution >= 4 is 44.9 Å². The van der Waals surface area contributed by atoms with Crippen LogP contribution in [-0.4, -0.2) is 22.4 Å². The summed E-state index contributed by atoms with van der Waals surface area (Å²) in [5.74, 6) is 1.11. The highest BCUT2D eigenvalue weighted by Crippen LogP contribution is 2.43. The second-order valence-electron chi connectivity index (χ2n) is 14.4. The molecule has 4 nitrogen and oxygen atoms in total. The third-order valence-electron chi connectivity index (χ3n) is 10.5. The number of hydrogen-bond acceptors (Lipinski definition) is 3. The monoisotopic (exact) mass is 832 g/mol. The van der Waals surface area contributed by atoms with Gasteiger partial charge in [0.25, 0.3) is 0 Å². The summed E-state index contributed by atoms with van der Waals surface area (Å²) < 4.78 is 128. The van der Waals surface area contributed by atoms with Crippen molar-refractivity contribution in [2.45, 2.75) is 24.9 Å². The topological polar surface area (TPSA) is 41.7 Å². The van der Waals surface area contributed by atoms with E-state index in [1.165, 1.54) is 18.2 Å². The Hall–Kier alpha value is -7.15. The van der Waals surface area contributed by atoms with Gasteiger partial charge >= 0.3 is 18.5 Å². The Kier molecular flexibility index (Phi) is 9.57. The predicted octanol–water partition coefficient (Wildman–Crippen LogP) is 11.7. The van der Waals surface area contributed by atoms with Crippen molar-refractivity contribution in [1.82, 2.24) is 9.88 Å². The van der Waals surface area contributed by atoms with Gasteiger partial charge in [0.05, 0.1) is 27.7 Å². The lowest BCUT2D eigenvalue weighted by Gasteiger charge is -2.19. The van der Waals surface area contributed by atoms with Gasteiger partial charge in [0.2, 0.25) is 0 Å². The number of nitrogens with zero attached hydrogens (tertiary/aromatic N) is 3. The zero-order chi connectivity index (χ0) is 42.7. The van der Waals surface area contributed by atoms with Crippen molar-refractivity contribution < 1.29 is 39.5 Å². The minimum atomic E-state index is -5.08. The normalized spacial score (nSPS) is 16.6. The summed E-state index contributed by atoms with van der Waals surface area (Å²) >= 11 is 0. The number of nitrogens with one attached hydrogen (secondary N) is 1. The molecule has 2 aliphatic rings.